The second kappa shape index (κ2) is 7.28. The number of nitrogens with zero attached hydrogens (tertiary/aromatic N) is 2. The van der Waals surface area contributed by atoms with Crippen LogP contribution in [-0.2, 0) is 6.54 Å². The van der Waals surface area contributed by atoms with Crippen molar-refractivity contribution in [1.29, 1.82) is 0 Å². The minimum Gasteiger partial charge on any atom is -0.379 e. The molecule has 2 heterocycles. The molecule has 0 aliphatic carbocycles. The van der Waals surface area contributed by atoms with E-state index in [9.17, 15) is 9.59 Å². The van der Waals surface area contributed by atoms with Crippen LogP contribution in [0.2, 0.25) is 5.02 Å². The van der Waals surface area contributed by atoms with Crippen molar-refractivity contribution >= 4 is 45.6 Å². The third kappa shape index (κ3) is 3.09. The van der Waals surface area contributed by atoms with Gasteiger partial charge >= 0.3 is 0 Å². The molecule has 0 radical (unpaired) electrons. The van der Waals surface area contributed by atoms with E-state index in [4.69, 9.17) is 11.6 Å². The van der Waals surface area contributed by atoms with Gasteiger partial charge in [0.15, 0.2) is 0 Å². The average Bonchev–Trinajstić information content (AvgIpc) is 2.76. The fraction of sp³-hybridized carbons (Fsp3) is 0.0417. The number of pyridine rings is 1. The minimum atomic E-state index is -0.368. The highest BCUT2D eigenvalue weighted by Gasteiger charge is 2.34. The number of imide groups is 1. The van der Waals surface area contributed by atoms with E-state index in [-0.39, 0.29) is 11.8 Å². The van der Waals surface area contributed by atoms with Gasteiger partial charge < -0.3 is 5.32 Å². The summed E-state index contributed by atoms with van der Waals surface area (Å²) in [6.07, 6.45) is 1.74. The Labute approximate surface area is 177 Å². The molecular weight excluding hydrogens is 398 g/mol. The van der Waals surface area contributed by atoms with E-state index in [0.717, 1.165) is 16.8 Å². The number of anilines is 2. The summed E-state index contributed by atoms with van der Waals surface area (Å²) in [6.45, 7) is 0.524. The minimum absolute atomic E-state index is 0.352. The molecule has 0 saturated carbocycles. The van der Waals surface area contributed by atoms with Crippen LogP contribution in [0.4, 0.5) is 11.4 Å². The first-order chi connectivity index (χ1) is 14.6. The van der Waals surface area contributed by atoms with Gasteiger partial charge in [-0.2, -0.15) is 0 Å². The van der Waals surface area contributed by atoms with E-state index in [1.54, 1.807) is 42.6 Å². The predicted octanol–water partition coefficient (Wildman–Crippen LogP) is 5.30. The number of amides is 2. The van der Waals surface area contributed by atoms with Gasteiger partial charge in [0.1, 0.15) is 0 Å². The maximum absolute atomic E-state index is 13.4. The van der Waals surface area contributed by atoms with Crippen molar-refractivity contribution in [2.24, 2.45) is 0 Å². The summed E-state index contributed by atoms with van der Waals surface area (Å²) in [5, 5.41) is 5.30. The summed E-state index contributed by atoms with van der Waals surface area (Å²) in [5.74, 6) is -0.720. The van der Waals surface area contributed by atoms with Gasteiger partial charge in [-0.25, -0.2) is 4.90 Å². The van der Waals surface area contributed by atoms with E-state index < -0.39 is 0 Å². The molecule has 1 aromatic heterocycles. The molecule has 5 rings (SSSR count). The Morgan fingerprint density at radius 1 is 0.867 bits per heavy atom. The Morgan fingerprint density at radius 3 is 2.50 bits per heavy atom. The molecular formula is C24H16ClN3O2. The number of hydrogen-bond acceptors (Lipinski definition) is 4. The van der Waals surface area contributed by atoms with Crippen molar-refractivity contribution in [3.8, 4) is 0 Å². The van der Waals surface area contributed by atoms with Crippen molar-refractivity contribution in [2.75, 3.05) is 10.2 Å². The zero-order valence-corrected chi connectivity index (χ0v) is 16.6. The lowest BCUT2D eigenvalue weighted by molar-refractivity contribution is 0.0893. The van der Waals surface area contributed by atoms with Crippen molar-refractivity contribution in [3.05, 3.63) is 101 Å². The van der Waals surface area contributed by atoms with E-state index >= 15 is 0 Å². The van der Waals surface area contributed by atoms with Crippen LogP contribution in [-0.4, -0.2) is 16.8 Å². The van der Waals surface area contributed by atoms with E-state index in [0.29, 0.717) is 33.8 Å². The number of rotatable bonds is 4. The number of nitrogens with one attached hydrogen (secondary N) is 1. The molecule has 2 amide bonds. The molecule has 6 heteroatoms. The van der Waals surface area contributed by atoms with Gasteiger partial charge in [-0.3, -0.25) is 14.6 Å². The van der Waals surface area contributed by atoms with E-state index in [1.807, 2.05) is 36.4 Å². The molecule has 3 aromatic carbocycles. The van der Waals surface area contributed by atoms with E-state index in [1.165, 1.54) is 4.90 Å². The zero-order chi connectivity index (χ0) is 20.7. The van der Waals surface area contributed by atoms with Crippen LogP contribution in [0, 0.1) is 0 Å². The molecule has 30 heavy (non-hydrogen) atoms. The molecule has 0 bridgehead atoms. The number of carbonyl (C=O) groups excluding carboxylic acids is 2. The van der Waals surface area contributed by atoms with Crippen LogP contribution in [0.15, 0.2) is 79.0 Å². The Morgan fingerprint density at radius 2 is 1.70 bits per heavy atom. The summed E-state index contributed by atoms with van der Waals surface area (Å²) in [6, 6.07) is 21.7. The molecule has 4 aromatic rings. The van der Waals surface area contributed by atoms with Gasteiger partial charge in [0.2, 0.25) is 0 Å². The fourth-order valence-electron chi connectivity index (χ4n) is 3.76. The first-order valence-electron chi connectivity index (χ1n) is 9.47. The van der Waals surface area contributed by atoms with Crippen LogP contribution in [0.5, 0.6) is 0 Å². The Kier molecular flexibility index (Phi) is 4.45. The normalized spacial score (nSPS) is 13.0. The molecule has 5 nitrogen and oxygen atoms in total. The SMILES string of the molecule is O=C1c2cccc3cc(NCc4ccccn4)cc(c23)C(=O)N1c1cccc(Cl)c1. The number of benzene rings is 3. The van der Waals surface area contributed by atoms with Gasteiger partial charge in [-0.1, -0.05) is 35.9 Å². The lowest BCUT2D eigenvalue weighted by Gasteiger charge is -2.28. The van der Waals surface area contributed by atoms with Crippen LogP contribution >= 0.6 is 11.6 Å². The highest BCUT2D eigenvalue weighted by molar-refractivity contribution is 6.36. The maximum Gasteiger partial charge on any atom is 0.266 e. The van der Waals surface area contributed by atoms with Crippen LogP contribution in [0.25, 0.3) is 10.8 Å². The molecule has 1 aliphatic rings. The summed E-state index contributed by atoms with van der Waals surface area (Å²) in [5.41, 5.74) is 3.10. The lowest BCUT2D eigenvalue weighted by Crippen LogP contribution is -2.40. The number of carbonyl (C=O) groups is 2. The fourth-order valence-corrected chi connectivity index (χ4v) is 3.94. The van der Waals surface area contributed by atoms with Crippen LogP contribution in [0.3, 0.4) is 0 Å². The summed E-state index contributed by atoms with van der Waals surface area (Å²) in [7, 11) is 0. The number of hydrogen-bond donors (Lipinski definition) is 1. The zero-order valence-electron chi connectivity index (χ0n) is 15.8. The van der Waals surface area contributed by atoms with Gasteiger partial charge in [0, 0.05) is 27.9 Å². The second-order valence-electron chi connectivity index (χ2n) is 7.03. The maximum atomic E-state index is 13.4. The Balaban J connectivity index is 1.60. The summed E-state index contributed by atoms with van der Waals surface area (Å²) >= 11 is 6.10. The standard InChI is InChI=1S/C24H16ClN3O2/c25-16-6-4-8-19(12-16)28-23(29)20-9-3-5-15-11-18(13-21(22(15)20)24(28)30)27-14-17-7-1-2-10-26-17/h1-13,27H,14H2. The highest BCUT2D eigenvalue weighted by Crippen LogP contribution is 2.35. The van der Waals surface area contributed by atoms with Gasteiger partial charge in [-0.05, 0) is 53.9 Å². The largest absolute Gasteiger partial charge is 0.379 e. The average molecular weight is 414 g/mol. The molecule has 0 saturated heterocycles. The molecule has 1 N–H and O–H groups in total. The van der Waals surface area contributed by atoms with Crippen LogP contribution in [0.1, 0.15) is 26.4 Å². The van der Waals surface area contributed by atoms with Crippen molar-refractivity contribution in [3.63, 3.8) is 0 Å². The second-order valence-corrected chi connectivity index (χ2v) is 7.46. The molecule has 0 atom stereocenters. The molecule has 1 aliphatic heterocycles. The van der Waals surface area contributed by atoms with Gasteiger partial charge in [0.05, 0.1) is 23.5 Å². The first-order valence-corrected chi connectivity index (χ1v) is 9.84. The topological polar surface area (TPSA) is 62.3 Å². The number of halogens is 1. The number of aromatic nitrogens is 1. The predicted molar refractivity (Wildman–Crippen MR) is 118 cm³/mol. The van der Waals surface area contributed by atoms with E-state index in [2.05, 4.69) is 10.3 Å². The molecule has 0 unspecified atom stereocenters. The quantitative estimate of drug-likeness (QED) is 0.461. The Hall–Kier alpha value is -3.70. The van der Waals surface area contributed by atoms with Gasteiger partial charge in [0.25, 0.3) is 11.8 Å². The van der Waals surface area contributed by atoms with Crippen molar-refractivity contribution in [1.82, 2.24) is 4.98 Å². The highest BCUT2D eigenvalue weighted by atomic mass is 35.5. The molecule has 0 fully saturated rings. The van der Waals surface area contributed by atoms with Crippen molar-refractivity contribution < 1.29 is 9.59 Å². The van der Waals surface area contributed by atoms with Crippen LogP contribution < -0.4 is 10.2 Å². The Bertz CT molecular complexity index is 1300. The van der Waals surface area contributed by atoms with Gasteiger partial charge in [-0.15, -0.1) is 0 Å². The molecule has 146 valence electrons. The monoisotopic (exact) mass is 413 g/mol. The smallest absolute Gasteiger partial charge is 0.266 e. The third-order valence-electron chi connectivity index (χ3n) is 5.11. The third-order valence-corrected chi connectivity index (χ3v) is 5.35. The summed E-state index contributed by atoms with van der Waals surface area (Å²) in [4.78, 5) is 32.0. The summed E-state index contributed by atoms with van der Waals surface area (Å²) < 4.78 is 0. The lowest BCUT2D eigenvalue weighted by atomic mass is 9.93. The van der Waals surface area contributed by atoms with Crippen molar-refractivity contribution in [2.45, 2.75) is 6.54 Å². The molecule has 0 spiro atoms. The first kappa shape index (κ1) is 18.3.